The number of nitriles is 1. The Bertz CT molecular complexity index is 1220. The van der Waals surface area contributed by atoms with Gasteiger partial charge in [0.15, 0.2) is 0 Å². The lowest BCUT2D eigenvalue weighted by molar-refractivity contribution is -0.116. The van der Waals surface area contributed by atoms with Crippen LogP contribution in [-0.2, 0) is 11.3 Å². The molecule has 1 aromatic heterocycles. The molecule has 0 spiro atoms. The first-order chi connectivity index (χ1) is 13.5. The zero-order valence-corrected chi connectivity index (χ0v) is 17.4. The van der Waals surface area contributed by atoms with Gasteiger partial charge in [0.2, 0.25) is 5.91 Å². The van der Waals surface area contributed by atoms with Crippen LogP contribution in [0.2, 0.25) is 0 Å². The largest absolute Gasteiger partial charge is 0.325 e. The Kier molecular flexibility index (Phi) is 6.24. The molecule has 0 atom stereocenters. The van der Waals surface area contributed by atoms with Gasteiger partial charge in [-0.15, -0.1) is 11.3 Å². The lowest BCUT2D eigenvalue weighted by Crippen LogP contribution is -2.35. The summed E-state index contributed by atoms with van der Waals surface area (Å²) in [5, 5.41) is 11.8. The van der Waals surface area contributed by atoms with Crippen molar-refractivity contribution in [2.24, 2.45) is 0 Å². The van der Waals surface area contributed by atoms with Crippen LogP contribution in [-0.4, -0.2) is 10.5 Å². The van der Waals surface area contributed by atoms with Crippen molar-refractivity contribution in [3.63, 3.8) is 0 Å². The van der Waals surface area contributed by atoms with Crippen molar-refractivity contribution in [3.8, 4) is 6.07 Å². The molecule has 1 heterocycles. The first kappa shape index (κ1) is 19.8. The lowest BCUT2D eigenvalue weighted by Gasteiger charge is -2.06. The summed E-state index contributed by atoms with van der Waals surface area (Å²) in [6.45, 7) is 1.80. The molecular formula is C21H16BrN3O2S. The number of nitrogens with one attached hydrogen (secondary N) is 1. The molecule has 3 rings (SSSR count). The van der Waals surface area contributed by atoms with Crippen molar-refractivity contribution in [2.75, 3.05) is 5.32 Å². The van der Waals surface area contributed by atoms with Crippen LogP contribution >= 0.6 is 27.3 Å². The van der Waals surface area contributed by atoms with E-state index in [1.807, 2.05) is 49.4 Å². The number of rotatable bonds is 4. The van der Waals surface area contributed by atoms with Crippen molar-refractivity contribution in [1.82, 2.24) is 4.57 Å². The van der Waals surface area contributed by atoms with Crippen LogP contribution < -0.4 is 20.1 Å². The number of halogens is 1. The Hall–Kier alpha value is -2.95. The van der Waals surface area contributed by atoms with Crippen LogP contribution in [0, 0.1) is 18.3 Å². The van der Waals surface area contributed by atoms with E-state index < -0.39 is 0 Å². The molecule has 0 unspecified atom stereocenters. The molecule has 140 valence electrons. The first-order valence-corrected chi connectivity index (χ1v) is 10.0. The molecule has 5 nitrogen and oxygen atoms in total. The summed E-state index contributed by atoms with van der Waals surface area (Å²) in [7, 11) is 0. The molecule has 28 heavy (non-hydrogen) atoms. The quantitative estimate of drug-likeness (QED) is 0.659. The Morgan fingerprint density at radius 3 is 2.54 bits per heavy atom. The van der Waals surface area contributed by atoms with Crippen molar-refractivity contribution in [2.45, 2.75) is 13.5 Å². The number of carbonyl (C=O) groups is 1. The van der Waals surface area contributed by atoms with Crippen molar-refractivity contribution >= 4 is 51.0 Å². The lowest BCUT2D eigenvalue weighted by atomic mass is 10.2. The molecule has 0 bridgehead atoms. The van der Waals surface area contributed by atoms with Gasteiger partial charge in [0.05, 0.1) is 10.6 Å². The average molecular weight is 454 g/mol. The molecule has 0 aliphatic rings. The molecule has 0 fully saturated rings. The normalized spacial score (nSPS) is 12.0. The summed E-state index contributed by atoms with van der Waals surface area (Å²) in [5.74, 6) is -0.327. The maximum atomic E-state index is 12.8. The molecule has 0 radical (unpaired) electrons. The van der Waals surface area contributed by atoms with Gasteiger partial charge in [0.25, 0.3) is 5.56 Å². The topological polar surface area (TPSA) is 74.9 Å². The van der Waals surface area contributed by atoms with E-state index >= 15 is 0 Å². The second-order valence-electron chi connectivity index (χ2n) is 6.08. The number of benzene rings is 2. The van der Waals surface area contributed by atoms with Crippen LogP contribution in [0.4, 0.5) is 5.69 Å². The van der Waals surface area contributed by atoms with Gasteiger partial charge >= 0.3 is 0 Å². The summed E-state index contributed by atoms with van der Waals surface area (Å²) < 4.78 is 3.17. The number of thiazole rings is 1. The summed E-state index contributed by atoms with van der Waals surface area (Å²) in [4.78, 5) is 25.2. The van der Waals surface area contributed by atoms with Gasteiger partial charge in [0, 0.05) is 16.2 Å². The second kappa shape index (κ2) is 8.83. The number of aryl methyl sites for hydroxylation is 1. The summed E-state index contributed by atoms with van der Waals surface area (Å²) in [6, 6.07) is 16.9. The van der Waals surface area contributed by atoms with E-state index in [4.69, 9.17) is 5.26 Å². The number of anilines is 1. The fourth-order valence-electron chi connectivity index (χ4n) is 2.54. The second-order valence-corrected chi connectivity index (χ2v) is 8.06. The fraction of sp³-hybridized carbons (Fsp3) is 0.0952. The number of amides is 1. The zero-order chi connectivity index (χ0) is 20.1. The highest BCUT2D eigenvalue weighted by Gasteiger charge is 2.10. The van der Waals surface area contributed by atoms with Crippen LogP contribution in [0.1, 0.15) is 11.1 Å². The molecule has 2 aromatic carbocycles. The van der Waals surface area contributed by atoms with Crippen molar-refractivity contribution in [1.29, 1.82) is 5.26 Å². The molecule has 0 saturated heterocycles. The summed E-state index contributed by atoms with van der Waals surface area (Å²) >= 11 is 4.56. The predicted octanol–water partition coefficient (Wildman–Crippen LogP) is 2.75. The molecule has 7 heteroatoms. The maximum Gasteiger partial charge on any atom is 0.269 e. The van der Waals surface area contributed by atoms with Gasteiger partial charge < -0.3 is 5.32 Å². The molecule has 0 aliphatic heterocycles. The van der Waals surface area contributed by atoms with E-state index in [2.05, 4.69) is 21.2 Å². The van der Waals surface area contributed by atoms with Crippen molar-refractivity contribution in [3.05, 3.63) is 83.7 Å². The van der Waals surface area contributed by atoms with Crippen LogP contribution in [0.5, 0.6) is 0 Å². The third-order valence-electron chi connectivity index (χ3n) is 3.93. The van der Waals surface area contributed by atoms with E-state index in [0.717, 1.165) is 15.6 Å². The number of hydrogen-bond acceptors (Lipinski definition) is 4. The third-order valence-corrected chi connectivity index (χ3v) is 5.52. The molecule has 1 N–H and O–H groups in total. The van der Waals surface area contributed by atoms with Gasteiger partial charge in [-0.05, 0) is 42.8 Å². The number of aromatic nitrogens is 1. The first-order valence-electron chi connectivity index (χ1n) is 8.39. The van der Waals surface area contributed by atoms with Crippen LogP contribution in [0.15, 0.2) is 57.8 Å². The van der Waals surface area contributed by atoms with E-state index in [1.54, 1.807) is 18.2 Å². The predicted molar refractivity (Wildman–Crippen MR) is 115 cm³/mol. The van der Waals surface area contributed by atoms with Gasteiger partial charge in [-0.25, -0.2) is 0 Å². The third kappa shape index (κ3) is 4.85. The van der Waals surface area contributed by atoms with E-state index in [1.165, 1.54) is 22.0 Å². The average Bonchev–Trinajstić information content (AvgIpc) is 2.95. The Labute approximate surface area is 174 Å². The molecule has 0 saturated carbocycles. The Morgan fingerprint density at radius 1 is 1.21 bits per heavy atom. The van der Waals surface area contributed by atoms with Gasteiger partial charge in [-0.3, -0.25) is 14.2 Å². The minimum absolute atomic E-state index is 0.162. The molecule has 3 aromatic rings. The fourth-order valence-corrected chi connectivity index (χ4v) is 3.79. The summed E-state index contributed by atoms with van der Waals surface area (Å²) in [6.07, 6.45) is 3.03. The van der Waals surface area contributed by atoms with Crippen LogP contribution in [0.25, 0.3) is 12.2 Å². The van der Waals surface area contributed by atoms with E-state index in [-0.39, 0.29) is 18.0 Å². The van der Waals surface area contributed by atoms with Crippen LogP contribution in [0.3, 0.4) is 0 Å². The van der Waals surface area contributed by atoms with E-state index in [0.29, 0.717) is 14.9 Å². The highest BCUT2D eigenvalue weighted by molar-refractivity contribution is 9.10. The standard InChI is InChI=1S/C21H16BrN3O2S/c1-14-2-8-17(9-3-14)24-19(26)13-25-20(10-11-23)28-18(21(25)27)12-15-4-6-16(22)7-5-15/h2-10,12H,13H2,1H3,(H,24,26). The van der Waals surface area contributed by atoms with Gasteiger partial charge in [0.1, 0.15) is 11.2 Å². The Morgan fingerprint density at radius 2 is 1.89 bits per heavy atom. The smallest absolute Gasteiger partial charge is 0.269 e. The van der Waals surface area contributed by atoms with E-state index in [9.17, 15) is 9.59 Å². The molecular weight excluding hydrogens is 438 g/mol. The monoisotopic (exact) mass is 453 g/mol. The van der Waals surface area contributed by atoms with Crippen molar-refractivity contribution < 1.29 is 4.79 Å². The highest BCUT2D eigenvalue weighted by atomic mass is 79.9. The molecule has 1 amide bonds. The number of carbonyl (C=O) groups excluding carboxylic acids is 1. The number of nitrogens with zero attached hydrogens (tertiary/aromatic N) is 2. The highest BCUT2D eigenvalue weighted by Crippen LogP contribution is 2.11. The minimum Gasteiger partial charge on any atom is -0.325 e. The summed E-state index contributed by atoms with van der Waals surface area (Å²) in [5.41, 5.74) is 2.31. The zero-order valence-electron chi connectivity index (χ0n) is 15.0. The SMILES string of the molecule is Cc1ccc(NC(=O)Cn2c(=CC#N)sc(=Cc3ccc(Br)cc3)c2=O)cc1. The number of hydrogen-bond donors (Lipinski definition) is 1. The Balaban J connectivity index is 1.93. The van der Waals surface area contributed by atoms with Gasteiger partial charge in [-0.2, -0.15) is 5.26 Å². The van der Waals surface area contributed by atoms with Gasteiger partial charge in [-0.1, -0.05) is 45.8 Å². The molecule has 0 aliphatic carbocycles. The minimum atomic E-state index is -0.327. The maximum absolute atomic E-state index is 12.8.